The van der Waals surface area contributed by atoms with E-state index < -0.39 is 0 Å². The number of rotatable bonds is 4. The summed E-state index contributed by atoms with van der Waals surface area (Å²) in [5.41, 5.74) is 2.98. The molecule has 0 fully saturated rings. The van der Waals surface area contributed by atoms with Crippen molar-refractivity contribution < 1.29 is 14.3 Å². The van der Waals surface area contributed by atoms with Gasteiger partial charge >= 0.3 is 0 Å². The van der Waals surface area contributed by atoms with Crippen molar-refractivity contribution in [2.45, 2.75) is 13.5 Å². The molecule has 0 spiro atoms. The number of fused-ring (bicyclic) bond motifs is 1. The van der Waals surface area contributed by atoms with E-state index in [2.05, 4.69) is 15.9 Å². The Kier molecular flexibility index (Phi) is 5.68. The van der Waals surface area contributed by atoms with Crippen molar-refractivity contribution in [3.8, 4) is 11.5 Å². The van der Waals surface area contributed by atoms with Gasteiger partial charge in [-0.3, -0.25) is 4.79 Å². The predicted octanol–water partition coefficient (Wildman–Crippen LogP) is 7.26. The van der Waals surface area contributed by atoms with Crippen LogP contribution in [0.4, 0.5) is 0 Å². The molecule has 1 aliphatic rings. The molecule has 1 aliphatic heterocycles. The van der Waals surface area contributed by atoms with E-state index in [0.29, 0.717) is 27.1 Å². The SMILES string of the molecule is Cc1c(OCc2ccc(Cl)cc2Cl)ccc2c1O/C(=C\c1ccccc1Br)C2=O. The normalized spacial score (nSPS) is 14.1. The monoisotopic (exact) mass is 488 g/mol. The van der Waals surface area contributed by atoms with Crippen molar-refractivity contribution in [1.29, 1.82) is 0 Å². The lowest BCUT2D eigenvalue weighted by molar-refractivity contribution is 0.101. The van der Waals surface area contributed by atoms with Gasteiger partial charge in [-0.2, -0.15) is 0 Å². The van der Waals surface area contributed by atoms with E-state index in [1.807, 2.05) is 37.3 Å². The van der Waals surface area contributed by atoms with Crippen molar-refractivity contribution >= 4 is 51.0 Å². The van der Waals surface area contributed by atoms with Gasteiger partial charge in [0.25, 0.3) is 0 Å². The fourth-order valence-electron chi connectivity index (χ4n) is 3.05. The Morgan fingerprint density at radius 1 is 1.10 bits per heavy atom. The molecule has 1 heterocycles. The summed E-state index contributed by atoms with van der Waals surface area (Å²) in [5.74, 6) is 1.29. The molecule has 0 unspecified atom stereocenters. The molecule has 0 saturated heterocycles. The van der Waals surface area contributed by atoms with Crippen molar-refractivity contribution in [2.24, 2.45) is 0 Å². The van der Waals surface area contributed by atoms with Crippen LogP contribution in [0.15, 0.2) is 64.8 Å². The summed E-state index contributed by atoms with van der Waals surface area (Å²) in [6.07, 6.45) is 1.74. The number of benzene rings is 3. The Morgan fingerprint density at radius 3 is 2.66 bits per heavy atom. The van der Waals surface area contributed by atoms with Gasteiger partial charge in [-0.15, -0.1) is 0 Å². The number of ketones is 1. The molecule has 3 aromatic rings. The highest BCUT2D eigenvalue weighted by atomic mass is 79.9. The molecule has 0 radical (unpaired) electrons. The zero-order valence-electron chi connectivity index (χ0n) is 15.3. The Balaban J connectivity index is 1.59. The first-order chi connectivity index (χ1) is 13.9. The van der Waals surface area contributed by atoms with Gasteiger partial charge in [-0.25, -0.2) is 0 Å². The molecule has 0 amide bonds. The maximum Gasteiger partial charge on any atom is 0.231 e. The van der Waals surface area contributed by atoms with Crippen LogP contribution in [0.2, 0.25) is 10.0 Å². The number of ether oxygens (including phenoxy) is 2. The highest BCUT2D eigenvalue weighted by Crippen LogP contribution is 2.40. The van der Waals surface area contributed by atoms with Crippen LogP contribution in [0.1, 0.15) is 27.0 Å². The first-order valence-corrected chi connectivity index (χ1v) is 10.4. The molecule has 3 nitrogen and oxygen atoms in total. The van der Waals surface area contributed by atoms with E-state index in [1.54, 1.807) is 30.3 Å². The third-order valence-electron chi connectivity index (χ3n) is 4.63. The third-order valence-corrected chi connectivity index (χ3v) is 5.94. The number of hydrogen-bond acceptors (Lipinski definition) is 3. The van der Waals surface area contributed by atoms with Crippen molar-refractivity contribution in [3.63, 3.8) is 0 Å². The van der Waals surface area contributed by atoms with Crippen molar-refractivity contribution in [2.75, 3.05) is 0 Å². The molecule has 146 valence electrons. The van der Waals surface area contributed by atoms with E-state index in [-0.39, 0.29) is 18.1 Å². The third kappa shape index (κ3) is 4.06. The van der Waals surface area contributed by atoms with Gasteiger partial charge in [0.1, 0.15) is 18.1 Å². The van der Waals surface area contributed by atoms with Gasteiger partial charge in [-0.05, 0) is 48.9 Å². The highest BCUT2D eigenvalue weighted by molar-refractivity contribution is 9.10. The van der Waals surface area contributed by atoms with Gasteiger partial charge in [0.2, 0.25) is 5.78 Å². The van der Waals surface area contributed by atoms with Crippen LogP contribution in [0.3, 0.4) is 0 Å². The van der Waals surface area contributed by atoms with Gasteiger partial charge in [0.15, 0.2) is 5.76 Å². The minimum absolute atomic E-state index is 0.147. The largest absolute Gasteiger partial charge is 0.488 e. The lowest BCUT2D eigenvalue weighted by Crippen LogP contribution is -1.99. The highest BCUT2D eigenvalue weighted by Gasteiger charge is 2.30. The topological polar surface area (TPSA) is 35.5 Å². The number of hydrogen-bond donors (Lipinski definition) is 0. The number of allylic oxidation sites excluding steroid dienone is 1. The van der Waals surface area contributed by atoms with Crippen LogP contribution in [-0.2, 0) is 6.61 Å². The Hall–Kier alpha value is -2.27. The second-order valence-corrected chi connectivity index (χ2v) is 8.25. The lowest BCUT2D eigenvalue weighted by atomic mass is 10.1. The van der Waals surface area contributed by atoms with Crippen LogP contribution in [0.25, 0.3) is 6.08 Å². The molecule has 0 aromatic heterocycles. The summed E-state index contributed by atoms with van der Waals surface area (Å²) in [4.78, 5) is 12.8. The number of carbonyl (C=O) groups is 1. The Morgan fingerprint density at radius 2 is 1.90 bits per heavy atom. The first-order valence-electron chi connectivity index (χ1n) is 8.83. The van der Waals surface area contributed by atoms with Crippen LogP contribution in [0.5, 0.6) is 11.5 Å². The molecule has 0 bridgehead atoms. The zero-order chi connectivity index (χ0) is 20.5. The van der Waals surface area contributed by atoms with Crippen molar-refractivity contribution in [3.05, 3.63) is 97.1 Å². The maximum atomic E-state index is 12.8. The number of Topliss-reactive ketones (excluding diaryl/α,β-unsaturated/α-hetero) is 1. The van der Waals surface area contributed by atoms with Crippen LogP contribution < -0.4 is 9.47 Å². The van der Waals surface area contributed by atoms with Crippen LogP contribution in [-0.4, -0.2) is 5.78 Å². The summed E-state index contributed by atoms with van der Waals surface area (Å²) < 4.78 is 12.7. The smallest absolute Gasteiger partial charge is 0.231 e. The second-order valence-electron chi connectivity index (χ2n) is 6.55. The lowest BCUT2D eigenvalue weighted by Gasteiger charge is -2.12. The molecule has 3 aromatic carbocycles. The molecule has 0 atom stereocenters. The Bertz CT molecular complexity index is 1150. The molecule has 0 aliphatic carbocycles. The first kappa shape index (κ1) is 20.0. The van der Waals surface area contributed by atoms with Crippen LogP contribution in [0, 0.1) is 6.92 Å². The standard InChI is InChI=1S/C23H15BrCl2O3/c1-13-20(28-12-15-6-7-16(25)11-19(15)26)9-8-17-22(27)21(29-23(13)17)10-14-4-2-3-5-18(14)24/h2-11H,12H2,1H3/b21-10-. The quantitative estimate of drug-likeness (QED) is 0.362. The Labute approximate surface area is 187 Å². The average molecular weight is 490 g/mol. The molecule has 6 heteroatoms. The minimum atomic E-state index is -0.147. The van der Waals surface area contributed by atoms with Gasteiger partial charge < -0.3 is 9.47 Å². The molecule has 0 saturated carbocycles. The number of carbonyl (C=O) groups excluding carboxylic acids is 1. The summed E-state index contributed by atoms with van der Waals surface area (Å²) in [7, 11) is 0. The zero-order valence-corrected chi connectivity index (χ0v) is 18.4. The second kappa shape index (κ2) is 8.23. The van der Waals surface area contributed by atoms with Crippen LogP contribution >= 0.6 is 39.1 Å². The molecule has 29 heavy (non-hydrogen) atoms. The van der Waals surface area contributed by atoms with E-state index in [9.17, 15) is 4.79 Å². The summed E-state index contributed by atoms with van der Waals surface area (Å²) >= 11 is 15.6. The molecular formula is C23H15BrCl2O3. The molecule has 4 rings (SSSR count). The van der Waals surface area contributed by atoms with Crippen molar-refractivity contribution in [1.82, 2.24) is 0 Å². The summed E-state index contributed by atoms with van der Waals surface area (Å²) in [5, 5.41) is 1.12. The summed E-state index contributed by atoms with van der Waals surface area (Å²) in [6.45, 7) is 2.15. The number of halogens is 3. The molecule has 0 N–H and O–H groups in total. The van der Waals surface area contributed by atoms with E-state index in [4.69, 9.17) is 32.7 Å². The van der Waals surface area contributed by atoms with Gasteiger partial charge in [0.05, 0.1) is 5.56 Å². The van der Waals surface area contributed by atoms with E-state index in [1.165, 1.54) is 0 Å². The fourth-order valence-corrected chi connectivity index (χ4v) is 3.91. The predicted molar refractivity (Wildman–Crippen MR) is 119 cm³/mol. The summed E-state index contributed by atoms with van der Waals surface area (Å²) in [6, 6.07) is 16.4. The fraction of sp³-hybridized carbons (Fsp3) is 0.0870. The van der Waals surface area contributed by atoms with Gasteiger partial charge in [0, 0.05) is 25.6 Å². The maximum absolute atomic E-state index is 12.8. The molecular weight excluding hydrogens is 475 g/mol. The average Bonchev–Trinajstić information content (AvgIpc) is 3.01. The van der Waals surface area contributed by atoms with E-state index in [0.717, 1.165) is 21.2 Å². The van der Waals surface area contributed by atoms with Gasteiger partial charge in [-0.1, -0.05) is 63.4 Å². The minimum Gasteiger partial charge on any atom is -0.488 e. The van der Waals surface area contributed by atoms with E-state index >= 15 is 0 Å².